The molecule has 0 spiro atoms. The van der Waals surface area contributed by atoms with Crippen molar-refractivity contribution in [2.45, 2.75) is 38.8 Å². The van der Waals surface area contributed by atoms with E-state index in [4.69, 9.17) is 0 Å². The maximum absolute atomic E-state index is 12.2. The highest BCUT2D eigenvalue weighted by molar-refractivity contribution is 5.95. The molecule has 0 radical (unpaired) electrons. The van der Waals surface area contributed by atoms with Gasteiger partial charge in [0, 0.05) is 36.9 Å². The Morgan fingerprint density at radius 1 is 1.50 bits per heavy atom. The van der Waals surface area contributed by atoms with Crippen molar-refractivity contribution in [2.75, 3.05) is 26.0 Å². The quantitative estimate of drug-likeness (QED) is 0.829. The van der Waals surface area contributed by atoms with Crippen LogP contribution in [0.3, 0.4) is 0 Å². The van der Waals surface area contributed by atoms with E-state index in [2.05, 4.69) is 34.5 Å². The molecule has 0 aromatic carbocycles. The molecule has 1 amide bonds. The molecule has 1 atom stereocenters. The number of likely N-dealkylation sites (N-methyl/N-ethyl adjacent to an activating group) is 1. The molecule has 0 bridgehead atoms. The van der Waals surface area contributed by atoms with Crippen LogP contribution in [0.1, 0.15) is 35.8 Å². The van der Waals surface area contributed by atoms with Gasteiger partial charge in [-0.3, -0.25) is 9.69 Å². The number of nitrogens with one attached hydrogen (secondary N) is 2. The summed E-state index contributed by atoms with van der Waals surface area (Å²) in [6.07, 6.45) is 2.56. The number of hydrogen-bond donors (Lipinski definition) is 2. The topological polar surface area (TPSA) is 57.3 Å². The van der Waals surface area contributed by atoms with Crippen molar-refractivity contribution < 1.29 is 4.79 Å². The number of carbonyl (C=O) groups is 1. The predicted molar refractivity (Wildman–Crippen MR) is 81.1 cm³/mol. The van der Waals surface area contributed by atoms with Crippen molar-refractivity contribution in [3.8, 4) is 0 Å². The second-order valence-electron chi connectivity index (χ2n) is 5.59. The lowest BCUT2D eigenvalue weighted by molar-refractivity contribution is 0.0939. The van der Waals surface area contributed by atoms with Crippen LogP contribution in [0.4, 0.5) is 5.82 Å². The Morgan fingerprint density at radius 3 is 2.80 bits per heavy atom. The normalized spacial score (nSPS) is 16.1. The summed E-state index contributed by atoms with van der Waals surface area (Å²) in [4.78, 5) is 18.8. The van der Waals surface area contributed by atoms with E-state index in [1.54, 1.807) is 13.1 Å². The summed E-state index contributed by atoms with van der Waals surface area (Å²) in [5, 5.41) is 5.97. The number of pyridine rings is 1. The number of aromatic nitrogens is 1. The lowest BCUT2D eigenvalue weighted by Gasteiger charge is -2.24. The number of aryl methyl sites for hydroxylation is 1. The van der Waals surface area contributed by atoms with Crippen molar-refractivity contribution in [1.29, 1.82) is 0 Å². The van der Waals surface area contributed by atoms with Gasteiger partial charge in [0.1, 0.15) is 5.82 Å². The van der Waals surface area contributed by atoms with E-state index in [9.17, 15) is 4.79 Å². The summed E-state index contributed by atoms with van der Waals surface area (Å²) in [7, 11) is 3.93. The Bertz CT molecular complexity index is 485. The molecule has 0 saturated heterocycles. The van der Waals surface area contributed by atoms with Crippen LogP contribution in [-0.4, -0.2) is 48.5 Å². The zero-order valence-corrected chi connectivity index (χ0v) is 12.7. The van der Waals surface area contributed by atoms with Crippen LogP contribution >= 0.6 is 0 Å². The second kappa shape index (κ2) is 6.22. The van der Waals surface area contributed by atoms with E-state index in [0.717, 1.165) is 11.5 Å². The molecule has 1 aliphatic carbocycles. The van der Waals surface area contributed by atoms with Crippen LogP contribution in [0.5, 0.6) is 0 Å². The third-order valence-corrected chi connectivity index (χ3v) is 3.85. The van der Waals surface area contributed by atoms with Crippen molar-refractivity contribution in [1.82, 2.24) is 15.2 Å². The van der Waals surface area contributed by atoms with Crippen LogP contribution < -0.4 is 10.6 Å². The minimum atomic E-state index is -0.0388. The van der Waals surface area contributed by atoms with Gasteiger partial charge in [0.25, 0.3) is 5.91 Å². The van der Waals surface area contributed by atoms with Crippen LogP contribution in [0.2, 0.25) is 0 Å². The van der Waals surface area contributed by atoms with Crippen molar-refractivity contribution in [2.24, 2.45) is 0 Å². The van der Waals surface area contributed by atoms with Gasteiger partial charge in [-0.05, 0) is 45.9 Å². The molecule has 5 heteroatoms. The summed E-state index contributed by atoms with van der Waals surface area (Å²) in [5.74, 6) is 0.682. The minimum absolute atomic E-state index is 0.0388. The molecule has 1 saturated carbocycles. The van der Waals surface area contributed by atoms with Gasteiger partial charge < -0.3 is 10.6 Å². The number of carbonyl (C=O) groups excluding carboxylic acids is 1. The van der Waals surface area contributed by atoms with Gasteiger partial charge in [0.2, 0.25) is 0 Å². The van der Waals surface area contributed by atoms with Gasteiger partial charge in [-0.25, -0.2) is 4.98 Å². The molecule has 1 aromatic heterocycles. The monoisotopic (exact) mass is 276 g/mol. The molecule has 1 aliphatic rings. The summed E-state index contributed by atoms with van der Waals surface area (Å²) in [6.45, 7) is 4.71. The highest BCUT2D eigenvalue weighted by atomic mass is 16.1. The van der Waals surface area contributed by atoms with E-state index in [1.807, 2.05) is 13.0 Å². The Morgan fingerprint density at radius 2 is 2.20 bits per heavy atom. The van der Waals surface area contributed by atoms with Crippen molar-refractivity contribution >= 4 is 11.7 Å². The summed E-state index contributed by atoms with van der Waals surface area (Å²) in [6, 6.07) is 4.65. The van der Waals surface area contributed by atoms with Gasteiger partial charge in [0.15, 0.2) is 0 Å². The maximum Gasteiger partial charge on any atom is 0.251 e. The Labute approximate surface area is 120 Å². The Balaban J connectivity index is 1.92. The number of anilines is 1. The largest absolute Gasteiger partial charge is 0.373 e. The van der Waals surface area contributed by atoms with Crippen LogP contribution in [0.25, 0.3) is 0 Å². The number of nitrogens with zero attached hydrogens (tertiary/aromatic N) is 2. The first-order valence-corrected chi connectivity index (χ1v) is 7.18. The van der Waals surface area contributed by atoms with Crippen LogP contribution in [-0.2, 0) is 0 Å². The Kier molecular flexibility index (Phi) is 4.60. The van der Waals surface area contributed by atoms with Gasteiger partial charge in [0.05, 0.1) is 0 Å². The molecule has 1 aromatic rings. The number of rotatable bonds is 6. The Hall–Kier alpha value is -1.62. The average Bonchev–Trinajstić information content (AvgIpc) is 3.27. The molecule has 20 heavy (non-hydrogen) atoms. The smallest absolute Gasteiger partial charge is 0.251 e. The molecular weight excluding hydrogens is 252 g/mol. The van der Waals surface area contributed by atoms with Crippen LogP contribution in [0, 0.1) is 6.92 Å². The summed E-state index contributed by atoms with van der Waals surface area (Å²) < 4.78 is 0. The molecule has 5 nitrogen and oxygen atoms in total. The number of amides is 1. The average molecular weight is 276 g/mol. The molecule has 2 N–H and O–H groups in total. The fraction of sp³-hybridized carbons (Fsp3) is 0.600. The third-order valence-electron chi connectivity index (χ3n) is 3.85. The summed E-state index contributed by atoms with van der Waals surface area (Å²) in [5.41, 5.74) is 1.49. The highest BCUT2D eigenvalue weighted by Gasteiger charge is 2.29. The SMILES string of the molecule is CNc1cc(C(=O)NCC(C)N(C)C2CC2)cc(C)n1. The van der Waals surface area contributed by atoms with Gasteiger partial charge in [-0.1, -0.05) is 0 Å². The predicted octanol–water partition coefficient (Wildman–Crippen LogP) is 1.64. The lowest BCUT2D eigenvalue weighted by Crippen LogP contribution is -2.41. The second-order valence-corrected chi connectivity index (χ2v) is 5.59. The first-order valence-electron chi connectivity index (χ1n) is 7.18. The maximum atomic E-state index is 12.2. The molecule has 1 unspecified atom stereocenters. The number of hydrogen-bond acceptors (Lipinski definition) is 4. The molecule has 1 fully saturated rings. The summed E-state index contributed by atoms with van der Waals surface area (Å²) >= 11 is 0. The third kappa shape index (κ3) is 3.70. The first kappa shape index (κ1) is 14.8. The first-order chi connectivity index (χ1) is 9.51. The molecule has 1 heterocycles. The van der Waals surface area contributed by atoms with Gasteiger partial charge >= 0.3 is 0 Å². The standard InChI is InChI=1S/C15H24N4O/c1-10-7-12(8-14(16-3)18-10)15(20)17-9-11(2)19(4)13-5-6-13/h7-8,11,13H,5-6,9H2,1-4H3,(H,16,18)(H,17,20). The van der Waals surface area contributed by atoms with Crippen LogP contribution in [0.15, 0.2) is 12.1 Å². The van der Waals surface area contributed by atoms with E-state index < -0.39 is 0 Å². The molecule has 2 rings (SSSR count). The molecule has 0 aliphatic heterocycles. The molecule has 110 valence electrons. The van der Waals surface area contributed by atoms with Crippen molar-refractivity contribution in [3.05, 3.63) is 23.4 Å². The van der Waals surface area contributed by atoms with E-state index in [1.165, 1.54) is 12.8 Å². The lowest BCUT2D eigenvalue weighted by atomic mass is 10.2. The van der Waals surface area contributed by atoms with Gasteiger partial charge in [-0.2, -0.15) is 0 Å². The fourth-order valence-electron chi connectivity index (χ4n) is 2.26. The van der Waals surface area contributed by atoms with E-state index >= 15 is 0 Å². The minimum Gasteiger partial charge on any atom is -0.373 e. The molecular formula is C15H24N4O. The highest BCUT2D eigenvalue weighted by Crippen LogP contribution is 2.26. The fourth-order valence-corrected chi connectivity index (χ4v) is 2.26. The zero-order chi connectivity index (χ0) is 14.7. The van der Waals surface area contributed by atoms with E-state index in [0.29, 0.717) is 24.2 Å². The van der Waals surface area contributed by atoms with Gasteiger partial charge in [-0.15, -0.1) is 0 Å². The zero-order valence-electron chi connectivity index (χ0n) is 12.7. The van der Waals surface area contributed by atoms with Crippen molar-refractivity contribution in [3.63, 3.8) is 0 Å². The van der Waals surface area contributed by atoms with E-state index in [-0.39, 0.29) is 5.91 Å².